The van der Waals surface area contributed by atoms with Crippen molar-refractivity contribution < 1.29 is 4.79 Å². The van der Waals surface area contributed by atoms with E-state index in [1.165, 1.54) is 11.1 Å². The number of hydrogen-bond acceptors (Lipinski definition) is 2. The lowest BCUT2D eigenvalue weighted by Gasteiger charge is -2.14. The Morgan fingerprint density at radius 1 is 0.929 bits per heavy atom. The average molecular weight is 494 g/mol. The number of aliphatic imine (C=N–C) groups is 1. The molecule has 3 N–H and O–H groups in total. The lowest BCUT2D eigenvalue weighted by molar-refractivity contribution is 0.0953. The van der Waals surface area contributed by atoms with Crippen LogP contribution in [0.25, 0.3) is 0 Å². The number of nitrogens with one attached hydrogen (secondary N) is 3. The summed E-state index contributed by atoms with van der Waals surface area (Å²) >= 11 is 0. The van der Waals surface area contributed by atoms with Crippen LogP contribution >= 0.6 is 24.0 Å². The van der Waals surface area contributed by atoms with E-state index < -0.39 is 0 Å². The quantitative estimate of drug-likeness (QED) is 0.297. The van der Waals surface area contributed by atoms with Crippen molar-refractivity contribution in [3.05, 3.63) is 70.8 Å². The molecule has 0 saturated heterocycles. The Labute approximate surface area is 185 Å². The van der Waals surface area contributed by atoms with Crippen LogP contribution in [-0.2, 0) is 19.5 Å². The number of aryl methyl sites for hydroxylation is 1. The van der Waals surface area contributed by atoms with E-state index in [4.69, 9.17) is 0 Å². The summed E-state index contributed by atoms with van der Waals surface area (Å²) in [6.45, 7) is 6.22. The van der Waals surface area contributed by atoms with Crippen molar-refractivity contribution in [3.63, 3.8) is 0 Å². The maximum atomic E-state index is 12.1. The molecule has 0 saturated carbocycles. The summed E-state index contributed by atoms with van der Waals surface area (Å²) in [4.78, 5) is 16.4. The number of carbonyl (C=O) groups excluding carboxylic acids is 1. The summed E-state index contributed by atoms with van der Waals surface area (Å²) in [5.41, 5.74) is 4.34. The molecule has 0 aliphatic carbocycles. The molecule has 2 rings (SSSR count). The number of carbonyl (C=O) groups is 1. The fraction of sp³-hybridized carbons (Fsp3) is 0.364. The molecule has 0 fully saturated rings. The second-order valence-corrected chi connectivity index (χ2v) is 6.36. The monoisotopic (exact) mass is 494 g/mol. The third kappa shape index (κ3) is 7.50. The Kier molecular flexibility index (Phi) is 11.2. The van der Waals surface area contributed by atoms with Crippen molar-refractivity contribution in [2.24, 2.45) is 4.99 Å². The minimum Gasteiger partial charge on any atom is -0.352 e. The number of halogens is 1. The molecule has 2 aromatic carbocycles. The normalized spacial score (nSPS) is 10.8. The van der Waals surface area contributed by atoms with Crippen LogP contribution in [0.2, 0.25) is 0 Å². The Balaban J connectivity index is 0.00000392. The van der Waals surface area contributed by atoms with Crippen LogP contribution in [0, 0.1) is 0 Å². The number of rotatable bonds is 8. The molecule has 0 aliphatic heterocycles. The predicted molar refractivity (Wildman–Crippen MR) is 127 cm³/mol. The minimum absolute atomic E-state index is 0. The zero-order valence-corrected chi connectivity index (χ0v) is 19.2. The van der Waals surface area contributed by atoms with E-state index >= 15 is 0 Å². The Bertz CT molecular complexity index is 777. The number of amides is 1. The van der Waals surface area contributed by atoms with Crippen molar-refractivity contribution in [2.75, 3.05) is 13.6 Å². The van der Waals surface area contributed by atoms with Crippen molar-refractivity contribution in [1.29, 1.82) is 0 Å². The second kappa shape index (κ2) is 13.1. The summed E-state index contributed by atoms with van der Waals surface area (Å²) in [6.07, 6.45) is 1.94. The Hall–Kier alpha value is -2.09. The molecule has 0 spiro atoms. The van der Waals surface area contributed by atoms with Crippen LogP contribution in [0.5, 0.6) is 0 Å². The van der Waals surface area contributed by atoms with Gasteiger partial charge in [0.25, 0.3) is 5.91 Å². The highest BCUT2D eigenvalue weighted by atomic mass is 127. The molecule has 0 aromatic heterocycles. The number of guanidine groups is 1. The van der Waals surface area contributed by atoms with Gasteiger partial charge in [0.1, 0.15) is 0 Å². The first-order chi connectivity index (χ1) is 13.2. The van der Waals surface area contributed by atoms with Crippen LogP contribution in [0.15, 0.2) is 53.5 Å². The molecular weight excluding hydrogens is 463 g/mol. The van der Waals surface area contributed by atoms with Crippen LogP contribution < -0.4 is 16.0 Å². The van der Waals surface area contributed by atoms with Gasteiger partial charge in [-0.15, -0.1) is 24.0 Å². The zero-order valence-electron chi connectivity index (χ0n) is 16.9. The van der Waals surface area contributed by atoms with Crippen LogP contribution in [0.4, 0.5) is 0 Å². The van der Waals surface area contributed by atoms with Gasteiger partial charge in [0.2, 0.25) is 0 Å². The first kappa shape index (κ1) is 23.9. The van der Waals surface area contributed by atoms with E-state index in [1.807, 2.05) is 31.2 Å². The summed E-state index contributed by atoms with van der Waals surface area (Å²) in [5, 5.41) is 9.57. The number of hydrogen-bond donors (Lipinski definition) is 3. The van der Waals surface area contributed by atoms with Crippen LogP contribution in [-0.4, -0.2) is 25.5 Å². The fourth-order valence-electron chi connectivity index (χ4n) is 2.82. The Morgan fingerprint density at radius 3 is 2.32 bits per heavy atom. The Morgan fingerprint density at radius 2 is 1.64 bits per heavy atom. The smallest absolute Gasteiger partial charge is 0.251 e. The van der Waals surface area contributed by atoms with E-state index in [1.54, 1.807) is 7.05 Å². The first-order valence-corrected chi connectivity index (χ1v) is 9.56. The average Bonchev–Trinajstić information content (AvgIpc) is 2.72. The van der Waals surface area contributed by atoms with Gasteiger partial charge in [0, 0.05) is 32.2 Å². The lowest BCUT2D eigenvalue weighted by atomic mass is 10.1. The zero-order chi connectivity index (χ0) is 19.5. The van der Waals surface area contributed by atoms with Gasteiger partial charge in [-0.3, -0.25) is 9.79 Å². The number of nitrogens with zero attached hydrogens (tertiary/aromatic N) is 1. The molecule has 28 heavy (non-hydrogen) atoms. The third-order valence-electron chi connectivity index (χ3n) is 4.35. The van der Waals surface area contributed by atoms with Crippen LogP contribution in [0.1, 0.15) is 47.3 Å². The molecule has 0 aliphatic rings. The molecule has 5 nitrogen and oxygen atoms in total. The van der Waals surface area contributed by atoms with E-state index in [0.717, 1.165) is 30.9 Å². The van der Waals surface area contributed by atoms with Crippen molar-refractivity contribution in [2.45, 2.75) is 39.8 Å². The molecule has 0 unspecified atom stereocenters. The lowest BCUT2D eigenvalue weighted by Crippen LogP contribution is -2.36. The van der Waals surface area contributed by atoms with Crippen molar-refractivity contribution in [3.8, 4) is 0 Å². The molecular formula is C22H31IN4O. The van der Waals surface area contributed by atoms with Gasteiger partial charge >= 0.3 is 0 Å². The van der Waals surface area contributed by atoms with E-state index in [2.05, 4.69) is 52.1 Å². The predicted octanol–water partition coefficient (Wildman–Crippen LogP) is 3.87. The molecule has 152 valence electrons. The van der Waals surface area contributed by atoms with E-state index in [0.29, 0.717) is 18.7 Å². The summed E-state index contributed by atoms with van der Waals surface area (Å²) < 4.78 is 0. The molecule has 2 aromatic rings. The maximum absolute atomic E-state index is 12.1. The molecule has 0 atom stereocenters. The maximum Gasteiger partial charge on any atom is 0.251 e. The summed E-state index contributed by atoms with van der Waals surface area (Å²) in [7, 11) is 1.76. The SMILES string of the molecule is CCCNC(=O)c1cccc(CNC(=NC)NCc2ccccc2CC)c1.I. The third-order valence-corrected chi connectivity index (χ3v) is 4.35. The fourth-order valence-corrected chi connectivity index (χ4v) is 2.82. The summed E-state index contributed by atoms with van der Waals surface area (Å²) in [5.74, 6) is 0.708. The standard InChI is InChI=1S/C22H30N4O.HI/c1-4-13-24-21(27)19-12-8-9-17(14-19)15-25-22(23-3)26-16-20-11-7-6-10-18(20)5-2;/h6-12,14H,4-5,13,15-16H2,1-3H3,(H,24,27)(H2,23,25,26);1H. The van der Waals surface area contributed by atoms with Gasteiger partial charge < -0.3 is 16.0 Å². The van der Waals surface area contributed by atoms with Gasteiger partial charge in [-0.1, -0.05) is 50.2 Å². The second-order valence-electron chi connectivity index (χ2n) is 6.36. The number of benzene rings is 2. The first-order valence-electron chi connectivity index (χ1n) is 9.56. The van der Waals surface area contributed by atoms with Gasteiger partial charge in [-0.25, -0.2) is 0 Å². The van der Waals surface area contributed by atoms with E-state index in [-0.39, 0.29) is 29.9 Å². The largest absolute Gasteiger partial charge is 0.352 e. The van der Waals surface area contributed by atoms with Gasteiger partial charge in [-0.2, -0.15) is 0 Å². The molecule has 6 heteroatoms. The highest BCUT2D eigenvalue weighted by Crippen LogP contribution is 2.09. The molecule has 1 amide bonds. The molecule has 0 radical (unpaired) electrons. The van der Waals surface area contributed by atoms with Gasteiger partial charge in [0.05, 0.1) is 0 Å². The summed E-state index contributed by atoms with van der Waals surface area (Å²) in [6, 6.07) is 16.1. The van der Waals surface area contributed by atoms with Gasteiger partial charge in [0.15, 0.2) is 5.96 Å². The highest BCUT2D eigenvalue weighted by Gasteiger charge is 2.06. The topological polar surface area (TPSA) is 65.5 Å². The molecule has 0 bridgehead atoms. The van der Waals surface area contributed by atoms with Crippen molar-refractivity contribution in [1.82, 2.24) is 16.0 Å². The van der Waals surface area contributed by atoms with E-state index in [9.17, 15) is 4.79 Å². The van der Waals surface area contributed by atoms with Gasteiger partial charge in [-0.05, 0) is 41.7 Å². The molecule has 0 heterocycles. The van der Waals surface area contributed by atoms with Crippen molar-refractivity contribution >= 4 is 35.8 Å². The van der Waals surface area contributed by atoms with Crippen LogP contribution in [0.3, 0.4) is 0 Å². The highest BCUT2D eigenvalue weighted by molar-refractivity contribution is 14.0. The minimum atomic E-state index is -0.0302.